The number of aromatic nitrogens is 2. The number of ether oxygens (including phenoxy) is 3. The zero-order valence-corrected chi connectivity index (χ0v) is 24.6. The second-order valence-corrected chi connectivity index (χ2v) is 10.9. The lowest BCUT2D eigenvalue weighted by molar-refractivity contribution is 0.0489. The van der Waals surface area contributed by atoms with E-state index in [9.17, 15) is 0 Å². The SMILES string of the molecule is C=N/C=C(\C=N/CNc1cn(C2CCCCC2)nc1OCC1CCOCC1)c1ccc(Cl)c(O[C@@H](C)CNC=N)c1. The third-order valence-electron chi connectivity index (χ3n) is 7.37. The Balaban J connectivity index is 1.42. The number of anilines is 1. The van der Waals surface area contributed by atoms with Crippen molar-refractivity contribution in [3.63, 3.8) is 0 Å². The molecule has 0 unspecified atom stereocenters. The maximum Gasteiger partial charge on any atom is 0.256 e. The summed E-state index contributed by atoms with van der Waals surface area (Å²) in [6, 6.07) is 5.94. The molecular formula is C30H42ClN7O3. The maximum atomic E-state index is 7.14. The predicted molar refractivity (Wildman–Crippen MR) is 166 cm³/mol. The number of halogens is 1. The Kier molecular flexibility index (Phi) is 12.1. The van der Waals surface area contributed by atoms with E-state index in [-0.39, 0.29) is 6.10 Å². The average Bonchev–Trinajstić information content (AvgIpc) is 3.41. The molecule has 41 heavy (non-hydrogen) atoms. The second-order valence-electron chi connectivity index (χ2n) is 10.5. The Morgan fingerprint density at radius 2 is 2.07 bits per heavy atom. The molecule has 3 N–H and O–H groups in total. The lowest BCUT2D eigenvalue weighted by Crippen LogP contribution is -2.27. The molecule has 1 aromatic carbocycles. The molecule has 10 nitrogen and oxygen atoms in total. The summed E-state index contributed by atoms with van der Waals surface area (Å²) in [4.78, 5) is 8.58. The molecule has 1 saturated carbocycles. The fourth-order valence-corrected chi connectivity index (χ4v) is 5.22. The quantitative estimate of drug-likeness (QED) is 0.175. The molecule has 0 bridgehead atoms. The third kappa shape index (κ3) is 9.33. The van der Waals surface area contributed by atoms with Gasteiger partial charge in [0.05, 0.1) is 36.8 Å². The van der Waals surface area contributed by atoms with E-state index in [1.807, 2.05) is 19.1 Å². The van der Waals surface area contributed by atoms with Crippen LogP contribution in [0.2, 0.25) is 5.02 Å². The largest absolute Gasteiger partial charge is 0.487 e. The molecule has 1 saturated heterocycles. The van der Waals surface area contributed by atoms with Gasteiger partial charge in [-0.1, -0.05) is 36.9 Å². The lowest BCUT2D eigenvalue weighted by atomic mass is 9.96. The highest BCUT2D eigenvalue weighted by molar-refractivity contribution is 6.32. The standard InChI is InChI=1S/C30H42ClN7O3/c1-22(15-34-20-32)41-29-14-24(8-9-27(29)31)25(16-33-2)17-35-21-36-28-18-38(26-6-4-3-5-7-26)37-30(28)40-19-23-10-12-39-13-11-23/h8-9,14,16-18,20,22-23,26,36H,2-7,10-13,15,19,21H2,1H3,(H2,32,34)/b25-16+,35-17-/t22-/m0/s1. The number of allylic oxidation sites excluding steroid dienone is 1. The zero-order valence-electron chi connectivity index (χ0n) is 23.9. The Bertz CT molecular complexity index is 1190. The first-order valence-corrected chi connectivity index (χ1v) is 14.8. The van der Waals surface area contributed by atoms with Gasteiger partial charge in [0.15, 0.2) is 0 Å². The molecule has 1 atom stereocenters. The molecule has 11 heteroatoms. The summed E-state index contributed by atoms with van der Waals surface area (Å²) < 4.78 is 19.8. The Hall–Kier alpha value is -3.37. The van der Waals surface area contributed by atoms with Crippen molar-refractivity contribution < 1.29 is 14.2 Å². The van der Waals surface area contributed by atoms with Crippen LogP contribution in [0.1, 0.15) is 63.5 Å². The third-order valence-corrected chi connectivity index (χ3v) is 7.68. The molecule has 222 valence electrons. The number of benzene rings is 1. The van der Waals surface area contributed by atoms with Crippen LogP contribution < -0.4 is 20.1 Å². The molecule has 1 aromatic heterocycles. The molecule has 2 fully saturated rings. The van der Waals surface area contributed by atoms with Gasteiger partial charge in [0.1, 0.15) is 24.2 Å². The number of nitrogens with zero attached hydrogens (tertiary/aromatic N) is 4. The molecule has 2 aliphatic rings. The first-order valence-electron chi connectivity index (χ1n) is 14.5. The van der Waals surface area contributed by atoms with Gasteiger partial charge in [-0.05, 0) is 62.9 Å². The van der Waals surface area contributed by atoms with Crippen LogP contribution in [0.4, 0.5) is 5.69 Å². The Morgan fingerprint density at radius 3 is 2.83 bits per heavy atom. The Morgan fingerprint density at radius 1 is 1.27 bits per heavy atom. The fraction of sp³-hybridized carbons (Fsp3) is 0.533. The monoisotopic (exact) mass is 583 g/mol. The van der Waals surface area contributed by atoms with E-state index in [4.69, 9.17) is 36.3 Å². The van der Waals surface area contributed by atoms with Crippen LogP contribution in [0.5, 0.6) is 11.6 Å². The first kappa shape index (κ1) is 30.6. The summed E-state index contributed by atoms with van der Waals surface area (Å²) in [5, 5.41) is 18.7. The molecule has 0 spiro atoms. The van der Waals surface area contributed by atoms with Gasteiger partial charge in [0, 0.05) is 31.2 Å². The van der Waals surface area contributed by atoms with Crippen molar-refractivity contribution in [3.8, 4) is 11.6 Å². The van der Waals surface area contributed by atoms with E-state index < -0.39 is 0 Å². The molecule has 1 aliphatic heterocycles. The van der Waals surface area contributed by atoms with Gasteiger partial charge in [0.2, 0.25) is 0 Å². The van der Waals surface area contributed by atoms with Gasteiger partial charge < -0.3 is 24.8 Å². The number of rotatable bonds is 15. The Labute approximate surface area is 247 Å². The van der Waals surface area contributed by atoms with Gasteiger partial charge in [-0.15, -0.1) is 5.10 Å². The summed E-state index contributed by atoms with van der Waals surface area (Å²) in [6.45, 7) is 8.58. The van der Waals surface area contributed by atoms with Crippen molar-refractivity contribution in [2.45, 2.75) is 64.0 Å². The van der Waals surface area contributed by atoms with Crippen molar-refractivity contribution in [3.05, 3.63) is 41.2 Å². The van der Waals surface area contributed by atoms with Crippen LogP contribution in [0.25, 0.3) is 5.57 Å². The predicted octanol–water partition coefficient (Wildman–Crippen LogP) is 5.99. The van der Waals surface area contributed by atoms with E-state index in [0.29, 0.717) is 48.4 Å². The van der Waals surface area contributed by atoms with Crippen LogP contribution in [-0.2, 0) is 4.74 Å². The van der Waals surface area contributed by atoms with Crippen molar-refractivity contribution in [1.29, 1.82) is 5.41 Å². The minimum absolute atomic E-state index is 0.176. The zero-order chi connectivity index (χ0) is 28.9. The molecule has 4 rings (SSSR count). The highest BCUT2D eigenvalue weighted by atomic mass is 35.5. The highest BCUT2D eigenvalue weighted by Gasteiger charge is 2.21. The van der Waals surface area contributed by atoms with Crippen LogP contribution in [0, 0.1) is 11.3 Å². The summed E-state index contributed by atoms with van der Waals surface area (Å²) in [5.74, 6) is 1.66. The lowest BCUT2D eigenvalue weighted by Gasteiger charge is -2.22. The molecule has 0 radical (unpaired) electrons. The second kappa shape index (κ2) is 16.2. The topological polar surface area (TPSA) is 118 Å². The van der Waals surface area contributed by atoms with Crippen molar-refractivity contribution in [2.75, 3.05) is 38.4 Å². The van der Waals surface area contributed by atoms with Gasteiger partial charge in [0.25, 0.3) is 5.88 Å². The van der Waals surface area contributed by atoms with E-state index in [1.165, 1.54) is 19.3 Å². The summed E-state index contributed by atoms with van der Waals surface area (Å²) >= 11 is 6.38. The van der Waals surface area contributed by atoms with E-state index in [1.54, 1.807) is 18.5 Å². The van der Waals surface area contributed by atoms with Crippen molar-refractivity contribution in [2.24, 2.45) is 15.9 Å². The normalized spacial score (nSPS) is 17.8. The van der Waals surface area contributed by atoms with Gasteiger partial charge in [-0.2, -0.15) is 0 Å². The molecule has 1 aliphatic carbocycles. The fourth-order valence-electron chi connectivity index (χ4n) is 5.06. The van der Waals surface area contributed by atoms with E-state index in [0.717, 1.165) is 62.1 Å². The highest BCUT2D eigenvalue weighted by Crippen LogP contribution is 2.33. The van der Waals surface area contributed by atoms with E-state index >= 15 is 0 Å². The van der Waals surface area contributed by atoms with Crippen LogP contribution in [0.15, 0.2) is 40.6 Å². The first-order chi connectivity index (χ1) is 20.1. The number of nitrogens with one attached hydrogen (secondary N) is 3. The average molecular weight is 584 g/mol. The van der Waals surface area contributed by atoms with Gasteiger partial charge in [-0.3, -0.25) is 20.1 Å². The van der Waals surface area contributed by atoms with Crippen LogP contribution in [0.3, 0.4) is 0 Å². The van der Waals surface area contributed by atoms with Crippen LogP contribution in [-0.4, -0.2) is 68.2 Å². The summed E-state index contributed by atoms with van der Waals surface area (Å²) in [6.07, 6.45) is 14.5. The van der Waals surface area contributed by atoms with E-state index in [2.05, 4.69) is 38.2 Å². The van der Waals surface area contributed by atoms with Gasteiger partial charge in [-0.25, -0.2) is 0 Å². The van der Waals surface area contributed by atoms with Gasteiger partial charge >= 0.3 is 0 Å². The number of hydrogen-bond donors (Lipinski definition) is 3. The summed E-state index contributed by atoms with van der Waals surface area (Å²) in [5.41, 5.74) is 2.46. The molecular weight excluding hydrogens is 542 g/mol. The molecule has 2 aromatic rings. The van der Waals surface area contributed by atoms with Crippen molar-refractivity contribution in [1.82, 2.24) is 15.1 Å². The minimum Gasteiger partial charge on any atom is -0.487 e. The number of hydrogen-bond acceptors (Lipinski definition) is 8. The smallest absolute Gasteiger partial charge is 0.256 e. The molecule has 2 heterocycles. The molecule has 0 amide bonds. The summed E-state index contributed by atoms with van der Waals surface area (Å²) in [7, 11) is 0. The number of aliphatic imine (C=N–C) groups is 2. The maximum absolute atomic E-state index is 7.14. The van der Waals surface area contributed by atoms with Crippen LogP contribution >= 0.6 is 11.6 Å². The van der Waals surface area contributed by atoms with Crippen molar-refractivity contribution >= 4 is 42.1 Å². The minimum atomic E-state index is -0.176.